The number of carboxylic acids is 1. The minimum atomic E-state index is -3.36. The van der Waals surface area contributed by atoms with Gasteiger partial charge in [0.05, 0.1) is 11.7 Å². The van der Waals surface area contributed by atoms with Crippen LogP contribution in [0.4, 0.5) is 0 Å². The zero-order valence-electron chi connectivity index (χ0n) is 8.59. The zero-order chi connectivity index (χ0) is 11.6. The van der Waals surface area contributed by atoms with Crippen LogP contribution < -0.4 is 0 Å². The van der Waals surface area contributed by atoms with Gasteiger partial charge in [0.15, 0.2) is 0 Å². The van der Waals surface area contributed by atoms with Crippen molar-refractivity contribution >= 4 is 16.0 Å². The molecule has 0 amide bonds. The number of aliphatic carboxylic acids is 1. The largest absolute Gasteiger partial charge is 0.481 e. The van der Waals surface area contributed by atoms with Crippen molar-refractivity contribution in [3.63, 3.8) is 0 Å². The van der Waals surface area contributed by atoms with Crippen LogP contribution in [-0.2, 0) is 14.8 Å². The Morgan fingerprint density at radius 3 is 2.60 bits per heavy atom. The van der Waals surface area contributed by atoms with E-state index in [1.807, 2.05) is 0 Å². The molecule has 2 atom stereocenters. The van der Waals surface area contributed by atoms with E-state index in [0.29, 0.717) is 0 Å². The molecule has 0 saturated carbocycles. The van der Waals surface area contributed by atoms with E-state index in [1.54, 1.807) is 6.92 Å². The molecule has 1 saturated heterocycles. The summed E-state index contributed by atoms with van der Waals surface area (Å²) in [6.07, 6.45) is 1.31. The predicted molar refractivity (Wildman–Crippen MR) is 55.8 cm³/mol. The third-order valence-corrected chi connectivity index (χ3v) is 4.36. The summed E-state index contributed by atoms with van der Waals surface area (Å²) in [5.74, 6) is -1.79. The first kappa shape index (κ1) is 12.2. The molecule has 0 aromatic rings. The summed E-state index contributed by atoms with van der Waals surface area (Å²) in [5, 5.41) is 8.86. The highest BCUT2D eigenvalue weighted by Crippen LogP contribution is 2.25. The van der Waals surface area contributed by atoms with Crippen LogP contribution in [0.3, 0.4) is 0 Å². The Labute approximate surface area is 89.4 Å². The topological polar surface area (TPSA) is 74.7 Å². The first-order valence-corrected chi connectivity index (χ1v) is 6.31. The van der Waals surface area contributed by atoms with Crippen LogP contribution in [0, 0.1) is 11.8 Å². The van der Waals surface area contributed by atoms with Crippen molar-refractivity contribution in [3.05, 3.63) is 12.7 Å². The molecule has 0 spiro atoms. The Kier molecular flexibility index (Phi) is 3.51. The highest BCUT2D eigenvalue weighted by Gasteiger charge is 2.39. The van der Waals surface area contributed by atoms with Gasteiger partial charge >= 0.3 is 5.97 Å². The summed E-state index contributed by atoms with van der Waals surface area (Å²) in [7, 11) is -3.36. The monoisotopic (exact) mass is 233 g/mol. The number of hydrogen-bond acceptors (Lipinski definition) is 3. The van der Waals surface area contributed by atoms with Crippen LogP contribution >= 0.6 is 0 Å². The Bertz CT molecular complexity index is 362. The molecule has 1 rings (SSSR count). The first-order valence-electron chi connectivity index (χ1n) is 4.70. The van der Waals surface area contributed by atoms with Gasteiger partial charge in [-0.05, 0) is 5.92 Å². The third-order valence-electron chi connectivity index (χ3n) is 2.62. The fourth-order valence-electron chi connectivity index (χ4n) is 1.73. The molecule has 15 heavy (non-hydrogen) atoms. The van der Waals surface area contributed by atoms with E-state index >= 15 is 0 Å². The van der Waals surface area contributed by atoms with E-state index in [-0.39, 0.29) is 24.8 Å². The standard InChI is InChI=1S/C9H15NO4S/c1-3-4-15(13,14)10-5-7(2)8(6-10)9(11)12/h3,7-8H,1,4-6H2,2H3,(H,11,12)/t7-,8-/m1/s1. The van der Waals surface area contributed by atoms with Gasteiger partial charge in [0.25, 0.3) is 0 Å². The maximum atomic E-state index is 11.6. The molecule has 0 aliphatic carbocycles. The first-order chi connectivity index (χ1) is 6.88. The quantitative estimate of drug-likeness (QED) is 0.702. The van der Waals surface area contributed by atoms with Crippen molar-refractivity contribution in [1.82, 2.24) is 4.31 Å². The number of rotatable bonds is 4. The molecule has 5 nitrogen and oxygen atoms in total. The third kappa shape index (κ3) is 2.57. The predicted octanol–water partition coefficient (Wildman–Crippen LogP) is 0.155. The van der Waals surface area contributed by atoms with E-state index in [2.05, 4.69) is 6.58 Å². The average molecular weight is 233 g/mol. The van der Waals surface area contributed by atoms with Crippen molar-refractivity contribution in [2.45, 2.75) is 6.92 Å². The summed E-state index contributed by atoms with van der Waals surface area (Å²) >= 11 is 0. The van der Waals surface area contributed by atoms with E-state index in [1.165, 1.54) is 10.4 Å². The molecule has 86 valence electrons. The van der Waals surface area contributed by atoms with Gasteiger partial charge in [-0.25, -0.2) is 12.7 Å². The minimum absolute atomic E-state index is 0.0761. The van der Waals surface area contributed by atoms with Gasteiger partial charge in [-0.3, -0.25) is 4.79 Å². The van der Waals surface area contributed by atoms with Crippen molar-refractivity contribution < 1.29 is 18.3 Å². The fourth-order valence-corrected chi connectivity index (χ4v) is 3.08. The second kappa shape index (κ2) is 4.32. The molecule has 1 fully saturated rings. The molecule has 0 radical (unpaired) electrons. The second-order valence-corrected chi connectivity index (χ2v) is 5.82. The second-order valence-electron chi connectivity index (χ2n) is 3.81. The number of carbonyl (C=O) groups is 1. The van der Waals surface area contributed by atoms with Crippen LogP contribution in [0.15, 0.2) is 12.7 Å². The Morgan fingerprint density at radius 1 is 1.60 bits per heavy atom. The van der Waals surface area contributed by atoms with Crippen LogP contribution in [0.2, 0.25) is 0 Å². The van der Waals surface area contributed by atoms with Gasteiger partial charge in [0.1, 0.15) is 0 Å². The van der Waals surface area contributed by atoms with Gasteiger partial charge in [-0.1, -0.05) is 13.0 Å². The molecule has 0 aromatic heterocycles. The summed E-state index contributed by atoms with van der Waals surface area (Å²) in [6.45, 7) is 5.48. The lowest BCUT2D eigenvalue weighted by Gasteiger charge is -2.14. The van der Waals surface area contributed by atoms with E-state index < -0.39 is 21.9 Å². The Balaban J connectivity index is 2.78. The fraction of sp³-hybridized carbons (Fsp3) is 0.667. The molecule has 0 unspecified atom stereocenters. The number of nitrogens with zero attached hydrogens (tertiary/aromatic N) is 1. The Morgan fingerprint density at radius 2 is 2.20 bits per heavy atom. The van der Waals surface area contributed by atoms with Gasteiger partial charge in [-0.15, -0.1) is 6.58 Å². The lowest BCUT2D eigenvalue weighted by molar-refractivity contribution is -0.142. The zero-order valence-corrected chi connectivity index (χ0v) is 9.40. The smallest absolute Gasteiger partial charge is 0.308 e. The van der Waals surface area contributed by atoms with Crippen LogP contribution in [0.25, 0.3) is 0 Å². The molecule has 0 bridgehead atoms. The van der Waals surface area contributed by atoms with E-state index in [0.717, 1.165) is 0 Å². The van der Waals surface area contributed by atoms with Crippen LogP contribution in [0.1, 0.15) is 6.92 Å². The van der Waals surface area contributed by atoms with Gasteiger partial charge in [0.2, 0.25) is 10.0 Å². The molecule has 1 heterocycles. The molecule has 1 aliphatic rings. The number of hydrogen-bond donors (Lipinski definition) is 1. The number of sulfonamides is 1. The summed E-state index contributed by atoms with van der Waals surface area (Å²) < 4.78 is 24.5. The molecule has 1 aliphatic heterocycles. The Hall–Kier alpha value is -0.880. The SMILES string of the molecule is C=CCS(=O)(=O)N1C[C@@H](C)[C@H](C(=O)O)C1. The summed E-state index contributed by atoms with van der Waals surface area (Å²) in [6, 6.07) is 0. The van der Waals surface area contributed by atoms with Gasteiger partial charge in [-0.2, -0.15) is 0 Å². The molecule has 0 aromatic carbocycles. The maximum Gasteiger partial charge on any atom is 0.308 e. The van der Waals surface area contributed by atoms with Crippen molar-refractivity contribution in [2.24, 2.45) is 11.8 Å². The van der Waals surface area contributed by atoms with Gasteiger partial charge < -0.3 is 5.11 Å². The lowest BCUT2D eigenvalue weighted by Crippen LogP contribution is -2.31. The average Bonchev–Trinajstić information content (AvgIpc) is 2.47. The van der Waals surface area contributed by atoms with Crippen LogP contribution in [-0.4, -0.2) is 42.6 Å². The molecule has 6 heteroatoms. The number of carboxylic acid groups (broad SMARTS) is 1. The maximum absolute atomic E-state index is 11.6. The summed E-state index contributed by atoms with van der Waals surface area (Å²) in [5.41, 5.74) is 0. The molecular formula is C9H15NO4S. The van der Waals surface area contributed by atoms with E-state index in [9.17, 15) is 13.2 Å². The molecular weight excluding hydrogens is 218 g/mol. The van der Waals surface area contributed by atoms with Crippen molar-refractivity contribution in [3.8, 4) is 0 Å². The van der Waals surface area contributed by atoms with Gasteiger partial charge in [0, 0.05) is 13.1 Å². The highest BCUT2D eigenvalue weighted by atomic mass is 32.2. The highest BCUT2D eigenvalue weighted by molar-refractivity contribution is 7.89. The normalized spacial score (nSPS) is 27.8. The van der Waals surface area contributed by atoms with Crippen molar-refractivity contribution in [2.75, 3.05) is 18.8 Å². The van der Waals surface area contributed by atoms with E-state index in [4.69, 9.17) is 5.11 Å². The van der Waals surface area contributed by atoms with Crippen LogP contribution in [0.5, 0.6) is 0 Å². The molecule has 1 N–H and O–H groups in total. The summed E-state index contributed by atoms with van der Waals surface area (Å²) in [4.78, 5) is 10.8. The lowest BCUT2D eigenvalue weighted by atomic mass is 9.99. The van der Waals surface area contributed by atoms with Crippen molar-refractivity contribution in [1.29, 1.82) is 0 Å². The minimum Gasteiger partial charge on any atom is -0.481 e.